The van der Waals surface area contributed by atoms with E-state index in [1.54, 1.807) is 19.4 Å². The van der Waals surface area contributed by atoms with E-state index < -0.39 is 0 Å². The zero-order chi connectivity index (χ0) is 17.8. The van der Waals surface area contributed by atoms with Crippen molar-refractivity contribution in [1.82, 2.24) is 15.3 Å². The lowest BCUT2D eigenvalue weighted by Gasteiger charge is -2.51. The molecule has 7 nitrogen and oxygen atoms in total. The van der Waals surface area contributed by atoms with Crippen molar-refractivity contribution in [1.29, 1.82) is 0 Å². The Morgan fingerprint density at radius 1 is 1.42 bits per heavy atom. The Bertz CT molecular complexity index is 716. The van der Waals surface area contributed by atoms with Gasteiger partial charge in [-0.25, -0.2) is 4.98 Å². The number of nitrogens with one attached hydrogen (secondary N) is 1. The maximum atomic E-state index is 12.4. The van der Waals surface area contributed by atoms with Crippen molar-refractivity contribution in [2.75, 3.05) is 31.6 Å². The zero-order valence-corrected chi connectivity index (χ0v) is 15.2. The maximum Gasteiger partial charge on any atom is 0.228 e. The van der Waals surface area contributed by atoms with E-state index in [0.29, 0.717) is 30.3 Å². The van der Waals surface area contributed by atoms with Crippen LogP contribution in [0.5, 0.6) is 5.88 Å². The average Bonchev–Trinajstić information content (AvgIpc) is 3.57. The monoisotopic (exact) mass is 358 g/mol. The van der Waals surface area contributed by atoms with Crippen molar-refractivity contribution in [3.63, 3.8) is 0 Å². The molecule has 2 atom stereocenters. The van der Waals surface area contributed by atoms with Crippen LogP contribution in [-0.2, 0) is 9.53 Å². The largest absolute Gasteiger partial charge is 0.481 e. The molecule has 0 bridgehead atoms. The quantitative estimate of drug-likeness (QED) is 0.860. The lowest BCUT2D eigenvalue weighted by atomic mass is 9.78. The van der Waals surface area contributed by atoms with Gasteiger partial charge in [-0.3, -0.25) is 4.79 Å². The molecule has 0 radical (unpaired) electrons. The predicted molar refractivity (Wildman–Crippen MR) is 95.0 cm³/mol. The van der Waals surface area contributed by atoms with E-state index in [9.17, 15) is 4.79 Å². The molecule has 3 saturated carbocycles. The Labute approximate surface area is 153 Å². The Morgan fingerprint density at radius 2 is 2.27 bits per heavy atom. The lowest BCUT2D eigenvalue weighted by molar-refractivity contribution is -0.149. The lowest BCUT2D eigenvalue weighted by Crippen LogP contribution is -2.61. The molecule has 1 saturated heterocycles. The molecule has 1 amide bonds. The van der Waals surface area contributed by atoms with E-state index in [1.807, 2.05) is 0 Å². The number of amides is 1. The first-order valence-electron chi connectivity index (χ1n) is 9.69. The summed E-state index contributed by atoms with van der Waals surface area (Å²) in [6, 6.07) is 1.75. The summed E-state index contributed by atoms with van der Waals surface area (Å²) >= 11 is 0. The molecule has 1 aliphatic heterocycles. The highest BCUT2D eigenvalue weighted by Gasteiger charge is 2.65. The molecular formula is C19H26N4O3. The van der Waals surface area contributed by atoms with Crippen LogP contribution in [0.4, 0.5) is 5.95 Å². The van der Waals surface area contributed by atoms with Gasteiger partial charge in [-0.05, 0) is 43.9 Å². The Morgan fingerprint density at radius 3 is 2.92 bits per heavy atom. The van der Waals surface area contributed by atoms with E-state index in [-0.39, 0.29) is 23.5 Å². The second-order valence-corrected chi connectivity index (χ2v) is 8.42. The highest BCUT2D eigenvalue weighted by Crippen LogP contribution is 2.70. The number of hydrogen-bond donors (Lipinski definition) is 1. The van der Waals surface area contributed by atoms with Crippen molar-refractivity contribution < 1.29 is 14.3 Å². The van der Waals surface area contributed by atoms with Crippen LogP contribution in [0.2, 0.25) is 0 Å². The molecule has 2 unspecified atom stereocenters. The topological polar surface area (TPSA) is 76.6 Å². The summed E-state index contributed by atoms with van der Waals surface area (Å²) in [6.07, 6.45) is 8.55. The number of carbonyl (C=O) groups excluding carboxylic acids is 1. The number of carbonyl (C=O) groups is 1. The molecular weight excluding hydrogens is 332 g/mol. The summed E-state index contributed by atoms with van der Waals surface area (Å²) in [6.45, 7) is 2.05. The highest BCUT2D eigenvalue weighted by molar-refractivity contribution is 5.83. The molecule has 4 aliphatic rings. The van der Waals surface area contributed by atoms with Gasteiger partial charge >= 0.3 is 0 Å². The Kier molecular flexibility index (Phi) is 3.64. The Balaban J connectivity index is 1.26. The van der Waals surface area contributed by atoms with Gasteiger partial charge in [0.15, 0.2) is 0 Å². The fourth-order valence-electron chi connectivity index (χ4n) is 4.56. The fourth-order valence-corrected chi connectivity index (χ4v) is 4.56. The van der Waals surface area contributed by atoms with Gasteiger partial charge in [-0.1, -0.05) is 0 Å². The third-order valence-electron chi connectivity index (χ3n) is 6.60. The standard InChI is InChI=1S/C19H26N4O3/c1-25-15-3-8-20-17(22-15)23-11-13(26-19(12-23)4-2-5-19)10-21-16(24)14-9-18(14)6-7-18/h3,8,13-14H,2,4-7,9-12H2,1H3,(H,21,24). The molecule has 1 N–H and O–H groups in total. The second-order valence-electron chi connectivity index (χ2n) is 8.42. The minimum atomic E-state index is -0.114. The number of aromatic nitrogens is 2. The van der Waals surface area contributed by atoms with Crippen molar-refractivity contribution in [2.45, 2.75) is 50.2 Å². The molecule has 2 spiro atoms. The summed E-state index contributed by atoms with van der Waals surface area (Å²) in [5.74, 6) is 1.71. The third-order valence-corrected chi connectivity index (χ3v) is 6.60. The van der Waals surface area contributed by atoms with Crippen LogP contribution < -0.4 is 15.0 Å². The molecule has 3 aliphatic carbocycles. The summed E-state index contributed by atoms with van der Waals surface area (Å²) < 4.78 is 11.6. The molecule has 1 aromatic rings. The van der Waals surface area contributed by atoms with Crippen LogP contribution in [0.1, 0.15) is 38.5 Å². The predicted octanol–water partition coefficient (Wildman–Crippen LogP) is 1.53. The molecule has 2 heterocycles. The molecule has 0 aromatic carbocycles. The molecule has 140 valence electrons. The van der Waals surface area contributed by atoms with Crippen LogP contribution in [-0.4, -0.2) is 54.3 Å². The van der Waals surface area contributed by atoms with E-state index >= 15 is 0 Å². The first-order valence-corrected chi connectivity index (χ1v) is 9.69. The van der Waals surface area contributed by atoms with E-state index in [4.69, 9.17) is 9.47 Å². The Hall–Kier alpha value is -1.89. The number of morpholine rings is 1. The van der Waals surface area contributed by atoms with Crippen LogP contribution in [0.3, 0.4) is 0 Å². The van der Waals surface area contributed by atoms with E-state index in [0.717, 1.165) is 25.8 Å². The number of nitrogens with zero attached hydrogens (tertiary/aromatic N) is 3. The number of anilines is 1. The molecule has 26 heavy (non-hydrogen) atoms. The highest BCUT2D eigenvalue weighted by atomic mass is 16.5. The van der Waals surface area contributed by atoms with E-state index in [2.05, 4.69) is 20.2 Å². The van der Waals surface area contributed by atoms with Crippen LogP contribution in [0.15, 0.2) is 12.3 Å². The molecule has 5 rings (SSSR count). The fraction of sp³-hybridized carbons (Fsp3) is 0.737. The number of methoxy groups -OCH3 is 1. The minimum absolute atomic E-state index is 0.0308. The van der Waals surface area contributed by atoms with Crippen LogP contribution >= 0.6 is 0 Å². The normalized spacial score (nSPS) is 30.0. The minimum Gasteiger partial charge on any atom is -0.481 e. The summed E-state index contributed by atoms with van der Waals surface area (Å²) in [5, 5.41) is 3.13. The first kappa shape index (κ1) is 16.3. The SMILES string of the molecule is COc1ccnc(N2CC(CNC(=O)C3CC34CC4)OC3(CCC3)C2)n1. The molecule has 4 fully saturated rings. The van der Waals surface area contributed by atoms with Gasteiger partial charge in [0, 0.05) is 37.8 Å². The van der Waals surface area contributed by atoms with Gasteiger partial charge in [0.25, 0.3) is 0 Å². The third kappa shape index (κ3) is 2.82. The van der Waals surface area contributed by atoms with Crippen molar-refractivity contribution in [3.8, 4) is 5.88 Å². The van der Waals surface area contributed by atoms with Crippen molar-refractivity contribution >= 4 is 11.9 Å². The van der Waals surface area contributed by atoms with Gasteiger partial charge in [-0.15, -0.1) is 0 Å². The van der Waals surface area contributed by atoms with Gasteiger partial charge in [0.1, 0.15) is 0 Å². The number of ether oxygens (including phenoxy) is 2. The molecule has 1 aromatic heterocycles. The number of rotatable bonds is 5. The van der Waals surface area contributed by atoms with Crippen LogP contribution in [0, 0.1) is 11.3 Å². The molecule has 7 heteroatoms. The summed E-state index contributed by atoms with van der Waals surface area (Å²) in [7, 11) is 1.61. The van der Waals surface area contributed by atoms with Gasteiger partial charge < -0.3 is 19.7 Å². The van der Waals surface area contributed by atoms with Gasteiger partial charge in [0.2, 0.25) is 17.7 Å². The average molecular weight is 358 g/mol. The second kappa shape index (κ2) is 5.81. The number of hydrogen-bond acceptors (Lipinski definition) is 6. The van der Waals surface area contributed by atoms with Gasteiger partial charge in [0.05, 0.1) is 18.8 Å². The summed E-state index contributed by atoms with van der Waals surface area (Å²) in [4.78, 5) is 23.4. The van der Waals surface area contributed by atoms with Crippen molar-refractivity contribution in [3.05, 3.63) is 12.3 Å². The van der Waals surface area contributed by atoms with Gasteiger partial charge in [-0.2, -0.15) is 4.98 Å². The zero-order valence-electron chi connectivity index (χ0n) is 15.2. The maximum absolute atomic E-state index is 12.4. The van der Waals surface area contributed by atoms with E-state index in [1.165, 1.54) is 19.3 Å². The first-order chi connectivity index (χ1) is 12.6. The summed E-state index contributed by atoms with van der Waals surface area (Å²) in [5.41, 5.74) is 0.282. The van der Waals surface area contributed by atoms with Crippen molar-refractivity contribution in [2.24, 2.45) is 11.3 Å². The smallest absolute Gasteiger partial charge is 0.228 e. The van der Waals surface area contributed by atoms with Crippen LogP contribution in [0.25, 0.3) is 0 Å².